The molecule has 3 aromatic rings. The molecule has 2 aromatic heterocycles. The van der Waals surface area contributed by atoms with Gasteiger partial charge in [0, 0.05) is 12.1 Å². The molecule has 1 atom stereocenters. The monoisotopic (exact) mass is 394 g/mol. The van der Waals surface area contributed by atoms with Crippen LogP contribution in [0, 0.1) is 12.8 Å². The van der Waals surface area contributed by atoms with Gasteiger partial charge in [-0.15, -0.1) is 10.2 Å². The number of nitrogens with zero attached hydrogens (tertiary/aromatic N) is 6. The van der Waals surface area contributed by atoms with E-state index in [2.05, 4.69) is 24.8 Å². The van der Waals surface area contributed by atoms with E-state index in [1.165, 1.54) is 12.8 Å². The third-order valence-electron chi connectivity index (χ3n) is 5.92. The highest BCUT2D eigenvalue weighted by molar-refractivity contribution is 5.55. The maximum atomic E-state index is 10.1. The lowest BCUT2D eigenvalue weighted by atomic mass is 9.97. The fourth-order valence-electron chi connectivity index (χ4n) is 3.93. The summed E-state index contributed by atoms with van der Waals surface area (Å²) in [6.07, 6.45) is 2.58. The Labute approximate surface area is 169 Å². The van der Waals surface area contributed by atoms with Crippen molar-refractivity contribution in [2.45, 2.75) is 58.3 Å². The summed E-state index contributed by atoms with van der Waals surface area (Å²) in [5.74, 6) is 3.87. The Kier molecular flexibility index (Phi) is 4.29. The maximum absolute atomic E-state index is 10.1. The third kappa shape index (κ3) is 3.58. The minimum atomic E-state index is -0.874. The molecule has 0 amide bonds. The van der Waals surface area contributed by atoms with Gasteiger partial charge in [-0.3, -0.25) is 4.90 Å². The van der Waals surface area contributed by atoms with Crippen molar-refractivity contribution in [2.75, 3.05) is 6.54 Å². The van der Waals surface area contributed by atoms with E-state index in [0.29, 0.717) is 11.7 Å². The number of fused-ring (bicyclic) bond motifs is 1. The van der Waals surface area contributed by atoms with Crippen LogP contribution in [0.5, 0.6) is 0 Å². The second kappa shape index (κ2) is 6.74. The number of hydrogen-bond acceptors (Lipinski definition) is 7. The second-order valence-corrected chi connectivity index (χ2v) is 8.76. The standard InChI is InChI=1S/C21H26N6O2/c1-13-23-24-18-12-26(10-14-4-5-14)17(11-27(13)18)20-22-19(25-29-20)15-6-8-16(9-7-15)21(2,3)28/h6-9,14,17,28H,4-5,10-12H2,1-3H3. The van der Waals surface area contributed by atoms with Crippen LogP contribution in [0.1, 0.15) is 55.8 Å². The van der Waals surface area contributed by atoms with E-state index in [-0.39, 0.29) is 6.04 Å². The van der Waals surface area contributed by atoms with E-state index in [1.54, 1.807) is 13.8 Å². The zero-order valence-electron chi connectivity index (χ0n) is 17.0. The molecule has 1 aliphatic heterocycles. The van der Waals surface area contributed by atoms with Gasteiger partial charge in [-0.25, -0.2) is 0 Å². The summed E-state index contributed by atoms with van der Waals surface area (Å²) in [6.45, 7) is 8.02. The quantitative estimate of drug-likeness (QED) is 0.711. The number of aromatic nitrogens is 5. The van der Waals surface area contributed by atoms with Gasteiger partial charge in [0.1, 0.15) is 17.7 Å². The molecule has 3 heterocycles. The van der Waals surface area contributed by atoms with Gasteiger partial charge in [-0.1, -0.05) is 29.4 Å². The predicted octanol–water partition coefficient (Wildman–Crippen LogP) is 2.83. The molecule has 8 heteroatoms. The second-order valence-electron chi connectivity index (χ2n) is 8.76. The number of aryl methyl sites for hydroxylation is 1. The summed E-state index contributed by atoms with van der Waals surface area (Å²) in [7, 11) is 0. The lowest BCUT2D eigenvalue weighted by Gasteiger charge is -2.33. The summed E-state index contributed by atoms with van der Waals surface area (Å²) in [6, 6.07) is 7.67. The van der Waals surface area contributed by atoms with Gasteiger partial charge < -0.3 is 14.2 Å². The van der Waals surface area contributed by atoms with Crippen LogP contribution in [0.15, 0.2) is 28.8 Å². The van der Waals surface area contributed by atoms with Crippen molar-refractivity contribution in [1.29, 1.82) is 0 Å². The lowest BCUT2D eigenvalue weighted by molar-refractivity contribution is 0.0786. The molecule has 0 spiro atoms. The summed E-state index contributed by atoms with van der Waals surface area (Å²) < 4.78 is 7.86. The first-order valence-electron chi connectivity index (χ1n) is 10.2. The van der Waals surface area contributed by atoms with Gasteiger partial charge >= 0.3 is 0 Å². The fraction of sp³-hybridized carbons (Fsp3) is 0.524. The van der Waals surface area contributed by atoms with Crippen LogP contribution < -0.4 is 0 Å². The summed E-state index contributed by atoms with van der Waals surface area (Å²) in [5.41, 5.74) is 0.850. The largest absolute Gasteiger partial charge is 0.386 e. The van der Waals surface area contributed by atoms with Gasteiger partial charge in [-0.05, 0) is 45.1 Å². The van der Waals surface area contributed by atoms with Gasteiger partial charge in [0.05, 0.1) is 18.7 Å². The molecule has 152 valence electrons. The van der Waals surface area contributed by atoms with Crippen LogP contribution in [0.25, 0.3) is 11.4 Å². The summed E-state index contributed by atoms with van der Waals surface area (Å²) >= 11 is 0. The van der Waals surface area contributed by atoms with E-state index in [4.69, 9.17) is 9.51 Å². The zero-order chi connectivity index (χ0) is 20.2. The van der Waals surface area contributed by atoms with Gasteiger partial charge in [0.25, 0.3) is 0 Å². The van der Waals surface area contributed by atoms with Crippen LogP contribution in [0.3, 0.4) is 0 Å². The number of rotatable bonds is 5. The van der Waals surface area contributed by atoms with E-state index in [9.17, 15) is 5.11 Å². The molecule has 1 unspecified atom stereocenters. The van der Waals surface area contributed by atoms with E-state index >= 15 is 0 Å². The van der Waals surface area contributed by atoms with Crippen LogP contribution >= 0.6 is 0 Å². The molecule has 29 heavy (non-hydrogen) atoms. The molecule has 8 nitrogen and oxygen atoms in total. The maximum Gasteiger partial charge on any atom is 0.246 e. The summed E-state index contributed by atoms with van der Waals surface area (Å²) in [4.78, 5) is 7.12. The smallest absolute Gasteiger partial charge is 0.246 e. The molecule has 1 fully saturated rings. The molecule has 1 N–H and O–H groups in total. The average Bonchev–Trinajstić information content (AvgIpc) is 3.24. The Morgan fingerprint density at radius 3 is 2.62 bits per heavy atom. The van der Waals surface area contributed by atoms with E-state index < -0.39 is 5.60 Å². The first-order chi connectivity index (χ1) is 13.9. The average molecular weight is 394 g/mol. The molecule has 1 saturated carbocycles. The fourth-order valence-corrected chi connectivity index (χ4v) is 3.93. The Morgan fingerprint density at radius 1 is 1.17 bits per heavy atom. The third-order valence-corrected chi connectivity index (χ3v) is 5.92. The van der Waals surface area contributed by atoms with E-state index in [1.807, 2.05) is 31.2 Å². The molecular weight excluding hydrogens is 368 g/mol. The van der Waals surface area contributed by atoms with Gasteiger partial charge in [0.2, 0.25) is 11.7 Å². The molecule has 2 aliphatic rings. The first kappa shape index (κ1) is 18.4. The summed E-state index contributed by atoms with van der Waals surface area (Å²) in [5, 5.41) is 22.9. The molecule has 0 saturated heterocycles. The van der Waals surface area contributed by atoms with Crippen molar-refractivity contribution in [2.24, 2.45) is 5.92 Å². The Morgan fingerprint density at radius 2 is 1.93 bits per heavy atom. The Hall–Kier alpha value is -2.58. The molecular formula is C21H26N6O2. The minimum Gasteiger partial charge on any atom is -0.386 e. The highest BCUT2D eigenvalue weighted by atomic mass is 16.5. The minimum absolute atomic E-state index is 0.0229. The van der Waals surface area contributed by atoms with Crippen molar-refractivity contribution < 1.29 is 9.63 Å². The molecule has 0 bridgehead atoms. The zero-order valence-corrected chi connectivity index (χ0v) is 17.0. The first-order valence-corrected chi connectivity index (χ1v) is 10.2. The molecule has 0 radical (unpaired) electrons. The Balaban J connectivity index is 1.42. The molecule has 5 rings (SSSR count). The number of aliphatic hydroxyl groups is 1. The normalized spacial score (nSPS) is 20.1. The Bertz CT molecular complexity index is 1010. The topological polar surface area (TPSA) is 93.1 Å². The number of hydrogen-bond donors (Lipinski definition) is 1. The van der Waals surface area contributed by atoms with Gasteiger partial charge in [0.15, 0.2) is 0 Å². The van der Waals surface area contributed by atoms with Crippen molar-refractivity contribution in [3.8, 4) is 11.4 Å². The van der Waals surface area contributed by atoms with Crippen LogP contribution in [0.2, 0.25) is 0 Å². The highest BCUT2D eigenvalue weighted by Crippen LogP contribution is 2.36. The number of benzene rings is 1. The lowest BCUT2D eigenvalue weighted by Crippen LogP contribution is -2.38. The SMILES string of the molecule is Cc1nnc2n1CC(c1nc(-c3ccc(C(C)(C)O)cc3)no1)N(CC1CC1)C2. The van der Waals surface area contributed by atoms with Gasteiger partial charge in [-0.2, -0.15) is 4.98 Å². The predicted molar refractivity (Wildman–Crippen MR) is 106 cm³/mol. The molecule has 1 aliphatic carbocycles. The van der Waals surface area contributed by atoms with Crippen molar-refractivity contribution in [3.63, 3.8) is 0 Å². The molecule has 1 aromatic carbocycles. The van der Waals surface area contributed by atoms with Crippen LogP contribution in [-0.4, -0.2) is 41.5 Å². The van der Waals surface area contributed by atoms with Crippen molar-refractivity contribution in [3.05, 3.63) is 47.4 Å². The van der Waals surface area contributed by atoms with Crippen molar-refractivity contribution >= 4 is 0 Å². The highest BCUT2D eigenvalue weighted by Gasteiger charge is 2.36. The van der Waals surface area contributed by atoms with Crippen molar-refractivity contribution in [1.82, 2.24) is 29.8 Å². The van der Waals surface area contributed by atoms with E-state index in [0.717, 1.165) is 48.3 Å². The van der Waals surface area contributed by atoms with Crippen LogP contribution in [-0.2, 0) is 18.7 Å². The van der Waals surface area contributed by atoms with Crippen LogP contribution in [0.4, 0.5) is 0 Å².